The van der Waals surface area contributed by atoms with E-state index in [2.05, 4.69) is 60.5 Å². The van der Waals surface area contributed by atoms with E-state index in [4.69, 9.17) is 5.73 Å². The van der Waals surface area contributed by atoms with Gasteiger partial charge in [-0.05, 0) is 42.3 Å². The second kappa shape index (κ2) is 5.58. The molecule has 0 aliphatic carbocycles. The van der Waals surface area contributed by atoms with Crippen LogP contribution in [0.15, 0.2) is 41.8 Å². The van der Waals surface area contributed by atoms with Gasteiger partial charge >= 0.3 is 0 Å². The second-order valence-corrected chi connectivity index (χ2v) is 6.89. The van der Waals surface area contributed by atoms with Gasteiger partial charge < -0.3 is 10.6 Å². The Balaban J connectivity index is 2.03. The first kappa shape index (κ1) is 13.7. The van der Waals surface area contributed by atoms with Crippen LogP contribution in [0.25, 0.3) is 0 Å². The number of nitrogens with two attached hydrogens (primary N) is 1. The highest BCUT2D eigenvalue weighted by atomic mass is 32.1. The lowest BCUT2D eigenvalue weighted by molar-refractivity contribution is 0.457. The summed E-state index contributed by atoms with van der Waals surface area (Å²) in [5.74, 6) is 0.672. The number of benzene rings is 1. The van der Waals surface area contributed by atoms with Gasteiger partial charge in [0.25, 0.3) is 0 Å². The lowest BCUT2D eigenvalue weighted by atomic mass is 9.91. The maximum Gasteiger partial charge on any atom is 0.0783 e. The van der Waals surface area contributed by atoms with Crippen LogP contribution < -0.4 is 10.6 Å². The Morgan fingerprint density at radius 2 is 2.05 bits per heavy atom. The molecule has 2 heterocycles. The first-order chi connectivity index (χ1) is 9.66. The molecule has 3 atom stereocenters. The third kappa shape index (κ3) is 2.48. The third-order valence-electron chi connectivity index (χ3n) is 4.05. The number of anilines is 1. The molecule has 2 nitrogen and oxygen atoms in total. The molecule has 3 heteroatoms. The molecule has 3 rings (SSSR count). The molecule has 0 saturated heterocycles. The van der Waals surface area contributed by atoms with Crippen LogP contribution in [0.5, 0.6) is 0 Å². The predicted octanol–water partition coefficient (Wildman–Crippen LogP) is 3.84. The van der Waals surface area contributed by atoms with Gasteiger partial charge in [0.1, 0.15) is 0 Å². The molecule has 0 amide bonds. The van der Waals surface area contributed by atoms with Crippen molar-refractivity contribution in [1.82, 2.24) is 0 Å². The second-order valence-electron chi connectivity index (χ2n) is 5.91. The summed E-state index contributed by atoms with van der Waals surface area (Å²) in [4.78, 5) is 3.88. The number of para-hydroxylation sites is 1. The van der Waals surface area contributed by atoms with E-state index in [0.29, 0.717) is 5.92 Å². The molecule has 106 valence electrons. The number of hydrogen-bond donors (Lipinski definition) is 1. The smallest absolute Gasteiger partial charge is 0.0783 e. The molecule has 2 N–H and O–H groups in total. The highest BCUT2D eigenvalue weighted by Gasteiger charge is 2.30. The SMILES string of the molecule is CC1Cc2ccccc2N(C(c2cccs2)C(C)N)C1. The Kier molecular flexibility index (Phi) is 3.81. The van der Waals surface area contributed by atoms with Crippen LogP contribution in [0.2, 0.25) is 0 Å². The van der Waals surface area contributed by atoms with Crippen LogP contribution >= 0.6 is 11.3 Å². The van der Waals surface area contributed by atoms with Crippen molar-refractivity contribution in [1.29, 1.82) is 0 Å². The van der Waals surface area contributed by atoms with Gasteiger partial charge in [-0.3, -0.25) is 0 Å². The van der Waals surface area contributed by atoms with Crippen molar-refractivity contribution < 1.29 is 0 Å². The summed E-state index contributed by atoms with van der Waals surface area (Å²) in [5, 5.41) is 2.14. The molecule has 3 unspecified atom stereocenters. The van der Waals surface area contributed by atoms with Crippen molar-refractivity contribution in [2.24, 2.45) is 11.7 Å². The molecule has 1 aliphatic rings. The van der Waals surface area contributed by atoms with Crippen LogP contribution in [0.4, 0.5) is 5.69 Å². The van der Waals surface area contributed by atoms with Crippen molar-refractivity contribution in [2.45, 2.75) is 32.4 Å². The predicted molar refractivity (Wildman–Crippen MR) is 87.4 cm³/mol. The Morgan fingerprint density at radius 1 is 1.25 bits per heavy atom. The van der Waals surface area contributed by atoms with E-state index in [1.54, 1.807) is 0 Å². The number of rotatable bonds is 3. The number of thiophene rings is 1. The van der Waals surface area contributed by atoms with Gasteiger partial charge in [0.2, 0.25) is 0 Å². The molecule has 0 fully saturated rings. The molecular weight excluding hydrogens is 264 g/mol. The monoisotopic (exact) mass is 286 g/mol. The number of fused-ring (bicyclic) bond motifs is 1. The minimum atomic E-state index is 0.118. The fraction of sp³-hybridized carbons (Fsp3) is 0.412. The normalized spacial score (nSPS) is 21.4. The zero-order valence-corrected chi connectivity index (χ0v) is 12.9. The van der Waals surface area contributed by atoms with Gasteiger partial charge in [0.15, 0.2) is 0 Å². The summed E-state index contributed by atoms with van der Waals surface area (Å²) < 4.78 is 0. The van der Waals surface area contributed by atoms with Crippen LogP contribution in [-0.2, 0) is 6.42 Å². The molecule has 1 aromatic carbocycles. The highest BCUT2D eigenvalue weighted by Crippen LogP contribution is 2.38. The average molecular weight is 286 g/mol. The van der Waals surface area contributed by atoms with Gasteiger partial charge in [-0.25, -0.2) is 0 Å². The highest BCUT2D eigenvalue weighted by molar-refractivity contribution is 7.10. The Bertz CT molecular complexity index is 562. The van der Waals surface area contributed by atoms with Gasteiger partial charge in [-0.2, -0.15) is 0 Å². The largest absolute Gasteiger partial charge is 0.362 e. The Hall–Kier alpha value is -1.32. The zero-order valence-electron chi connectivity index (χ0n) is 12.1. The van der Waals surface area contributed by atoms with E-state index in [0.717, 1.165) is 6.54 Å². The summed E-state index contributed by atoms with van der Waals surface area (Å²) in [5.41, 5.74) is 9.14. The van der Waals surface area contributed by atoms with Gasteiger partial charge in [-0.1, -0.05) is 31.2 Å². The van der Waals surface area contributed by atoms with E-state index in [-0.39, 0.29) is 12.1 Å². The van der Waals surface area contributed by atoms with Gasteiger partial charge in [0, 0.05) is 23.2 Å². The molecule has 0 spiro atoms. The number of nitrogens with zero attached hydrogens (tertiary/aromatic N) is 1. The van der Waals surface area contributed by atoms with E-state index >= 15 is 0 Å². The third-order valence-corrected chi connectivity index (χ3v) is 4.99. The quantitative estimate of drug-likeness (QED) is 0.929. The van der Waals surface area contributed by atoms with Gasteiger partial charge in [0.05, 0.1) is 6.04 Å². The lowest BCUT2D eigenvalue weighted by Crippen LogP contribution is -2.44. The van der Waals surface area contributed by atoms with E-state index in [9.17, 15) is 0 Å². The van der Waals surface area contributed by atoms with Crippen LogP contribution in [-0.4, -0.2) is 12.6 Å². The molecule has 0 radical (unpaired) electrons. The molecule has 20 heavy (non-hydrogen) atoms. The fourth-order valence-electron chi connectivity index (χ4n) is 3.26. The Labute approximate surface area is 125 Å². The molecule has 0 saturated carbocycles. The summed E-state index contributed by atoms with van der Waals surface area (Å²) in [6.07, 6.45) is 1.17. The zero-order chi connectivity index (χ0) is 14.1. The molecule has 2 aromatic rings. The first-order valence-corrected chi connectivity index (χ1v) is 8.18. The van der Waals surface area contributed by atoms with E-state index in [1.165, 1.54) is 22.5 Å². The van der Waals surface area contributed by atoms with Crippen molar-refractivity contribution in [3.05, 3.63) is 52.2 Å². The van der Waals surface area contributed by atoms with Crippen molar-refractivity contribution in [2.75, 3.05) is 11.4 Å². The fourth-order valence-corrected chi connectivity index (χ4v) is 4.21. The van der Waals surface area contributed by atoms with Crippen LogP contribution in [0, 0.1) is 5.92 Å². The van der Waals surface area contributed by atoms with Crippen LogP contribution in [0.1, 0.15) is 30.3 Å². The minimum Gasteiger partial charge on any atom is -0.362 e. The van der Waals surface area contributed by atoms with Crippen molar-refractivity contribution >= 4 is 17.0 Å². The van der Waals surface area contributed by atoms with Gasteiger partial charge in [-0.15, -0.1) is 11.3 Å². The minimum absolute atomic E-state index is 0.118. The van der Waals surface area contributed by atoms with Crippen molar-refractivity contribution in [3.63, 3.8) is 0 Å². The van der Waals surface area contributed by atoms with Crippen molar-refractivity contribution in [3.8, 4) is 0 Å². The summed E-state index contributed by atoms with van der Waals surface area (Å²) in [6.45, 7) is 5.53. The average Bonchev–Trinajstić information content (AvgIpc) is 2.92. The summed E-state index contributed by atoms with van der Waals surface area (Å²) in [6, 6.07) is 13.5. The number of hydrogen-bond acceptors (Lipinski definition) is 3. The molecule has 1 aromatic heterocycles. The topological polar surface area (TPSA) is 29.3 Å². The van der Waals surface area contributed by atoms with E-state index in [1.807, 2.05) is 11.3 Å². The first-order valence-electron chi connectivity index (χ1n) is 7.30. The molecular formula is C17H22N2S. The molecule has 0 bridgehead atoms. The lowest BCUT2D eigenvalue weighted by Gasteiger charge is -2.41. The standard InChI is InChI=1S/C17H22N2S/c1-12-10-14-6-3-4-7-15(14)19(11-12)17(13(2)18)16-8-5-9-20-16/h3-9,12-13,17H,10-11,18H2,1-2H3. The maximum atomic E-state index is 6.33. The summed E-state index contributed by atoms with van der Waals surface area (Å²) >= 11 is 1.81. The maximum absolute atomic E-state index is 6.33. The Morgan fingerprint density at radius 3 is 2.75 bits per heavy atom. The summed E-state index contributed by atoms with van der Waals surface area (Å²) in [7, 11) is 0. The van der Waals surface area contributed by atoms with E-state index < -0.39 is 0 Å². The van der Waals surface area contributed by atoms with Crippen LogP contribution in [0.3, 0.4) is 0 Å². The molecule has 1 aliphatic heterocycles.